The average molecular weight is 379 g/mol. The van der Waals surface area contributed by atoms with Gasteiger partial charge in [-0.1, -0.05) is 38.1 Å². The number of guanidine groups is 1. The van der Waals surface area contributed by atoms with E-state index >= 15 is 0 Å². The van der Waals surface area contributed by atoms with E-state index in [-0.39, 0.29) is 0 Å². The normalized spacial score (nSPS) is 11.8. The number of benzene rings is 1. The Morgan fingerprint density at radius 2 is 1.81 bits per heavy atom. The van der Waals surface area contributed by atoms with E-state index in [1.165, 1.54) is 11.1 Å². The monoisotopic (exact) mass is 378 g/mol. The molecule has 27 heavy (non-hydrogen) atoms. The van der Waals surface area contributed by atoms with Crippen molar-refractivity contribution in [1.82, 2.24) is 15.5 Å². The number of rotatable bonds is 14. The zero-order valence-electron chi connectivity index (χ0n) is 17.6. The van der Waals surface area contributed by atoms with Gasteiger partial charge in [0.05, 0.1) is 19.8 Å². The second-order valence-electron chi connectivity index (χ2n) is 6.36. The minimum atomic E-state index is 0.644. The summed E-state index contributed by atoms with van der Waals surface area (Å²) in [6.45, 7) is 14.0. The van der Waals surface area contributed by atoms with E-state index in [1.54, 1.807) is 7.11 Å². The highest BCUT2D eigenvalue weighted by Gasteiger charge is 2.03. The largest absolute Gasteiger partial charge is 0.382 e. The van der Waals surface area contributed by atoms with Crippen LogP contribution in [0.25, 0.3) is 0 Å². The molecule has 154 valence electrons. The van der Waals surface area contributed by atoms with E-state index in [9.17, 15) is 0 Å². The molecule has 0 aromatic heterocycles. The van der Waals surface area contributed by atoms with Crippen LogP contribution in [0.1, 0.15) is 38.3 Å². The molecule has 0 aliphatic carbocycles. The summed E-state index contributed by atoms with van der Waals surface area (Å²) in [7, 11) is 1.68. The topological polar surface area (TPSA) is 58.1 Å². The fraction of sp³-hybridized carbons (Fsp3) is 0.667. The van der Waals surface area contributed by atoms with Gasteiger partial charge in [-0.05, 0) is 37.6 Å². The number of aliphatic imine (C=N–C) groups is 1. The molecule has 0 saturated carbocycles. The SMILES string of the molecule is CCNC(=NCc1cccc(CN(CC)CC)c1)NCCCOCCOC. The molecule has 0 heterocycles. The quantitative estimate of drug-likeness (QED) is 0.296. The van der Waals surface area contributed by atoms with Crippen LogP contribution in [0, 0.1) is 0 Å². The molecule has 0 atom stereocenters. The highest BCUT2D eigenvalue weighted by molar-refractivity contribution is 5.79. The minimum Gasteiger partial charge on any atom is -0.382 e. The second kappa shape index (κ2) is 15.4. The summed E-state index contributed by atoms with van der Waals surface area (Å²) in [6.07, 6.45) is 0.938. The molecule has 1 aromatic carbocycles. The van der Waals surface area contributed by atoms with Crippen molar-refractivity contribution in [1.29, 1.82) is 0 Å². The highest BCUT2D eigenvalue weighted by atomic mass is 16.5. The number of ether oxygens (including phenoxy) is 2. The molecular formula is C21H38N4O2. The first-order chi connectivity index (χ1) is 13.2. The van der Waals surface area contributed by atoms with Gasteiger partial charge in [-0.3, -0.25) is 4.90 Å². The predicted molar refractivity (Wildman–Crippen MR) is 113 cm³/mol. The number of hydrogen-bond donors (Lipinski definition) is 2. The smallest absolute Gasteiger partial charge is 0.191 e. The molecule has 1 rings (SSSR count). The summed E-state index contributed by atoms with van der Waals surface area (Å²) in [5.41, 5.74) is 2.58. The zero-order chi connectivity index (χ0) is 19.7. The molecule has 0 spiro atoms. The third kappa shape index (κ3) is 11.0. The van der Waals surface area contributed by atoms with Crippen LogP contribution in [0.3, 0.4) is 0 Å². The minimum absolute atomic E-state index is 0.644. The molecule has 0 fully saturated rings. The molecule has 0 radical (unpaired) electrons. The number of nitrogens with one attached hydrogen (secondary N) is 2. The first kappa shape index (κ1) is 23.4. The summed E-state index contributed by atoms with van der Waals surface area (Å²) >= 11 is 0. The van der Waals surface area contributed by atoms with Crippen molar-refractivity contribution in [3.05, 3.63) is 35.4 Å². The molecule has 1 aromatic rings. The molecular weight excluding hydrogens is 340 g/mol. The third-order valence-corrected chi connectivity index (χ3v) is 4.25. The number of hydrogen-bond acceptors (Lipinski definition) is 4. The summed E-state index contributed by atoms with van der Waals surface area (Å²) in [5.74, 6) is 0.850. The van der Waals surface area contributed by atoms with Gasteiger partial charge in [0.2, 0.25) is 0 Å². The maximum absolute atomic E-state index is 5.48. The van der Waals surface area contributed by atoms with Crippen LogP contribution in [-0.2, 0) is 22.6 Å². The summed E-state index contributed by atoms with van der Waals surface area (Å²) in [4.78, 5) is 7.13. The fourth-order valence-corrected chi connectivity index (χ4v) is 2.67. The van der Waals surface area contributed by atoms with Gasteiger partial charge in [-0.15, -0.1) is 0 Å². The van der Waals surface area contributed by atoms with E-state index in [0.29, 0.717) is 19.8 Å². The standard InChI is InChI=1S/C21H38N4O2/c1-5-22-21(23-12-9-13-27-15-14-26-4)24-17-19-10-8-11-20(16-19)18-25(6-2)7-3/h8,10-11,16H,5-7,9,12-15,17-18H2,1-4H3,(H2,22,23,24). The van der Waals surface area contributed by atoms with Gasteiger partial charge in [0.1, 0.15) is 0 Å². The van der Waals surface area contributed by atoms with Gasteiger partial charge >= 0.3 is 0 Å². The lowest BCUT2D eigenvalue weighted by atomic mass is 10.1. The van der Waals surface area contributed by atoms with Gasteiger partial charge in [0.15, 0.2) is 5.96 Å². The van der Waals surface area contributed by atoms with Crippen LogP contribution in [0.2, 0.25) is 0 Å². The van der Waals surface area contributed by atoms with Crippen molar-refractivity contribution in [2.45, 2.75) is 40.3 Å². The molecule has 6 nitrogen and oxygen atoms in total. The fourth-order valence-electron chi connectivity index (χ4n) is 2.67. The van der Waals surface area contributed by atoms with Crippen molar-refractivity contribution < 1.29 is 9.47 Å². The Labute approximate surface area is 165 Å². The maximum atomic E-state index is 5.48. The lowest BCUT2D eigenvalue weighted by Gasteiger charge is -2.18. The molecule has 0 bridgehead atoms. The third-order valence-electron chi connectivity index (χ3n) is 4.25. The lowest BCUT2D eigenvalue weighted by molar-refractivity contribution is 0.0698. The van der Waals surface area contributed by atoms with Crippen LogP contribution >= 0.6 is 0 Å². The molecule has 6 heteroatoms. The van der Waals surface area contributed by atoms with Gasteiger partial charge in [0, 0.05) is 33.4 Å². The van der Waals surface area contributed by atoms with Crippen molar-refractivity contribution >= 4 is 5.96 Å². The molecule has 0 aliphatic heterocycles. The van der Waals surface area contributed by atoms with Crippen LogP contribution in [-0.4, -0.2) is 64.0 Å². The first-order valence-electron chi connectivity index (χ1n) is 10.1. The number of methoxy groups -OCH3 is 1. The van der Waals surface area contributed by atoms with Gasteiger partial charge in [-0.2, -0.15) is 0 Å². The molecule has 0 amide bonds. The Morgan fingerprint density at radius 3 is 2.52 bits per heavy atom. The van der Waals surface area contributed by atoms with E-state index in [2.05, 4.69) is 60.6 Å². The molecule has 0 aliphatic rings. The summed E-state index contributed by atoms with van der Waals surface area (Å²) in [5, 5.41) is 6.67. The van der Waals surface area contributed by atoms with Gasteiger partial charge in [0.25, 0.3) is 0 Å². The highest BCUT2D eigenvalue weighted by Crippen LogP contribution is 2.09. The Kier molecular flexibility index (Phi) is 13.4. The van der Waals surface area contributed by atoms with Crippen molar-refractivity contribution in [2.24, 2.45) is 4.99 Å². The van der Waals surface area contributed by atoms with Crippen molar-refractivity contribution in [3.63, 3.8) is 0 Å². The molecule has 0 saturated heterocycles. The Hall–Kier alpha value is -1.63. The second-order valence-corrected chi connectivity index (χ2v) is 6.36. The number of nitrogens with zero attached hydrogens (tertiary/aromatic N) is 2. The first-order valence-corrected chi connectivity index (χ1v) is 10.1. The molecule has 2 N–H and O–H groups in total. The van der Waals surface area contributed by atoms with Crippen LogP contribution in [0.5, 0.6) is 0 Å². The van der Waals surface area contributed by atoms with Crippen molar-refractivity contribution in [2.75, 3.05) is 53.1 Å². The van der Waals surface area contributed by atoms with Crippen LogP contribution in [0.15, 0.2) is 29.3 Å². The average Bonchev–Trinajstić information content (AvgIpc) is 2.69. The Morgan fingerprint density at radius 1 is 1.04 bits per heavy atom. The van der Waals surface area contributed by atoms with Crippen LogP contribution in [0.4, 0.5) is 0 Å². The van der Waals surface area contributed by atoms with Crippen LogP contribution < -0.4 is 10.6 Å². The van der Waals surface area contributed by atoms with E-state index in [1.807, 2.05) is 0 Å². The maximum Gasteiger partial charge on any atom is 0.191 e. The lowest BCUT2D eigenvalue weighted by Crippen LogP contribution is -2.38. The predicted octanol–water partition coefficient (Wildman–Crippen LogP) is 2.64. The van der Waals surface area contributed by atoms with Crippen molar-refractivity contribution in [3.8, 4) is 0 Å². The Balaban J connectivity index is 2.47. The van der Waals surface area contributed by atoms with Gasteiger partial charge < -0.3 is 20.1 Å². The Bertz CT molecular complexity index is 519. The summed E-state index contributed by atoms with van der Waals surface area (Å²) in [6, 6.07) is 8.72. The zero-order valence-corrected chi connectivity index (χ0v) is 17.6. The summed E-state index contributed by atoms with van der Waals surface area (Å²) < 4.78 is 10.4. The van der Waals surface area contributed by atoms with Gasteiger partial charge in [-0.25, -0.2) is 4.99 Å². The van der Waals surface area contributed by atoms with E-state index in [4.69, 9.17) is 14.5 Å². The molecule has 0 unspecified atom stereocenters. The van der Waals surface area contributed by atoms with E-state index in [0.717, 1.165) is 51.7 Å². The van der Waals surface area contributed by atoms with E-state index < -0.39 is 0 Å².